The van der Waals surface area contributed by atoms with E-state index < -0.39 is 19.2 Å². The number of hydrogen-bond donors (Lipinski definition) is 1. The van der Waals surface area contributed by atoms with Gasteiger partial charge in [0.15, 0.2) is 0 Å². The van der Waals surface area contributed by atoms with Gasteiger partial charge in [0.2, 0.25) is 5.88 Å². The molecule has 0 saturated heterocycles. The molecule has 0 bridgehead atoms. The van der Waals surface area contributed by atoms with Crippen LogP contribution in [0.4, 0.5) is 13.2 Å². The molecule has 100 valence electrons. The second-order valence-corrected chi connectivity index (χ2v) is 4.37. The van der Waals surface area contributed by atoms with Crippen molar-refractivity contribution in [1.82, 2.24) is 10.3 Å². The Morgan fingerprint density at radius 1 is 1.39 bits per heavy atom. The maximum Gasteiger partial charge on any atom is 0.392 e. The topological polar surface area (TPSA) is 34.1 Å². The normalized spacial score (nSPS) is 15.7. The van der Waals surface area contributed by atoms with Crippen LogP contribution in [0.5, 0.6) is 5.88 Å². The van der Waals surface area contributed by atoms with Gasteiger partial charge in [0.1, 0.15) is 0 Å². The monoisotopic (exact) mass is 260 g/mol. The van der Waals surface area contributed by atoms with Crippen molar-refractivity contribution in [3.8, 4) is 5.88 Å². The molecule has 1 aliphatic carbocycles. The first kappa shape index (κ1) is 13.1. The Morgan fingerprint density at radius 2 is 2.17 bits per heavy atom. The molecule has 1 aromatic rings. The summed E-state index contributed by atoms with van der Waals surface area (Å²) in [6.07, 6.45) is -1.21. The summed E-state index contributed by atoms with van der Waals surface area (Å²) < 4.78 is 40.8. The van der Waals surface area contributed by atoms with Gasteiger partial charge in [-0.15, -0.1) is 0 Å². The summed E-state index contributed by atoms with van der Waals surface area (Å²) in [5, 5.41) is 3.32. The zero-order chi connectivity index (χ0) is 13.0. The number of halogens is 3. The van der Waals surface area contributed by atoms with Crippen LogP contribution in [0.15, 0.2) is 18.3 Å². The Bertz CT molecular complexity index is 391. The highest BCUT2D eigenvalue weighted by atomic mass is 19.4. The first-order valence-electron chi connectivity index (χ1n) is 5.91. The van der Waals surface area contributed by atoms with E-state index in [1.165, 1.54) is 12.8 Å². The number of nitrogens with zero attached hydrogens (tertiary/aromatic N) is 1. The van der Waals surface area contributed by atoms with E-state index in [2.05, 4.69) is 10.3 Å². The lowest BCUT2D eigenvalue weighted by atomic mass is 10.2. The fourth-order valence-corrected chi connectivity index (χ4v) is 1.46. The van der Waals surface area contributed by atoms with Gasteiger partial charge in [0.05, 0.1) is 13.0 Å². The molecule has 3 nitrogen and oxygen atoms in total. The van der Waals surface area contributed by atoms with E-state index in [0.717, 1.165) is 5.56 Å². The SMILES string of the molecule is FC(F)(F)CCOc1cc(CNC2CC2)ccn1. The fraction of sp³-hybridized carbons (Fsp3) is 0.583. The van der Waals surface area contributed by atoms with Crippen molar-refractivity contribution in [2.45, 2.75) is 38.0 Å². The molecular weight excluding hydrogens is 245 g/mol. The summed E-state index contributed by atoms with van der Waals surface area (Å²) in [6, 6.07) is 4.09. The molecule has 0 unspecified atom stereocenters. The minimum atomic E-state index is -4.19. The van der Waals surface area contributed by atoms with E-state index in [1.807, 2.05) is 6.07 Å². The Kier molecular flexibility index (Phi) is 4.06. The molecule has 1 heterocycles. The van der Waals surface area contributed by atoms with Gasteiger partial charge in [-0.25, -0.2) is 4.98 Å². The Morgan fingerprint density at radius 3 is 2.83 bits per heavy atom. The Labute approximate surface area is 103 Å². The average Bonchev–Trinajstić information content (AvgIpc) is 3.09. The lowest BCUT2D eigenvalue weighted by Crippen LogP contribution is -2.16. The molecule has 1 fully saturated rings. The fourth-order valence-electron chi connectivity index (χ4n) is 1.46. The summed E-state index contributed by atoms with van der Waals surface area (Å²) >= 11 is 0. The maximum absolute atomic E-state index is 11.9. The highest BCUT2D eigenvalue weighted by Gasteiger charge is 2.26. The van der Waals surface area contributed by atoms with E-state index in [4.69, 9.17) is 4.74 Å². The molecule has 0 radical (unpaired) electrons. The van der Waals surface area contributed by atoms with Gasteiger partial charge in [0.25, 0.3) is 0 Å². The standard InChI is InChI=1S/C12H15F3N2O/c13-12(14,15)4-6-18-11-7-9(3-5-16-11)8-17-10-1-2-10/h3,5,7,10,17H,1-2,4,6,8H2. The van der Waals surface area contributed by atoms with Crippen LogP contribution in [0, 0.1) is 0 Å². The Hall–Kier alpha value is -1.30. The highest BCUT2D eigenvalue weighted by Crippen LogP contribution is 2.21. The van der Waals surface area contributed by atoms with Crippen molar-refractivity contribution in [2.24, 2.45) is 0 Å². The smallest absolute Gasteiger partial charge is 0.392 e. The largest absolute Gasteiger partial charge is 0.477 e. The molecule has 1 aromatic heterocycles. The molecule has 0 atom stereocenters. The lowest BCUT2D eigenvalue weighted by Gasteiger charge is -2.09. The number of ether oxygens (including phenoxy) is 1. The third kappa shape index (κ3) is 4.91. The summed E-state index contributed by atoms with van der Waals surface area (Å²) in [5.41, 5.74) is 0.971. The second kappa shape index (κ2) is 5.56. The van der Waals surface area contributed by atoms with E-state index >= 15 is 0 Å². The predicted molar refractivity (Wildman–Crippen MR) is 60.3 cm³/mol. The molecule has 2 rings (SSSR count). The quantitative estimate of drug-likeness (QED) is 0.853. The minimum Gasteiger partial charge on any atom is -0.477 e. The van der Waals surface area contributed by atoms with E-state index in [1.54, 1.807) is 12.3 Å². The maximum atomic E-state index is 11.9. The molecule has 1 aliphatic rings. The molecule has 1 saturated carbocycles. The van der Waals surface area contributed by atoms with Gasteiger partial charge in [-0.2, -0.15) is 13.2 Å². The minimum absolute atomic E-state index is 0.245. The van der Waals surface area contributed by atoms with E-state index in [0.29, 0.717) is 12.6 Å². The van der Waals surface area contributed by atoms with Gasteiger partial charge in [-0.1, -0.05) is 0 Å². The molecule has 18 heavy (non-hydrogen) atoms. The van der Waals surface area contributed by atoms with E-state index in [9.17, 15) is 13.2 Å². The van der Waals surface area contributed by atoms with Crippen molar-refractivity contribution < 1.29 is 17.9 Å². The van der Waals surface area contributed by atoms with Crippen LogP contribution >= 0.6 is 0 Å². The van der Waals surface area contributed by atoms with Crippen molar-refractivity contribution >= 4 is 0 Å². The molecular formula is C12H15F3N2O. The Balaban J connectivity index is 1.78. The number of aromatic nitrogens is 1. The number of nitrogens with one attached hydrogen (secondary N) is 1. The average molecular weight is 260 g/mol. The van der Waals surface area contributed by atoms with Crippen molar-refractivity contribution in [1.29, 1.82) is 0 Å². The van der Waals surface area contributed by atoms with Crippen molar-refractivity contribution in [3.05, 3.63) is 23.9 Å². The van der Waals surface area contributed by atoms with Crippen LogP contribution in [0.1, 0.15) is 24.8 Å². The summed E-state index contributed by atoms with van der Waals surface area (Å²) in [4.78, 5) is 3.88. The number of hydrogen-bond acceptors (Lipinski definition) is 3. The first-order chi connectivity index (χ1) is 8.53. The van der Waals surface area contributed by atoms with Gasteiger partial charge < -0.3 is 10.1 Å². The first-order valence-corrected chi connectivity index (χ1v) is 5.91. The van der Waals surface area contributed by atoms with Crippen LogP contribution < -0.4 is 10.1 Å². The second-order valence-electron chi connectivity index (χ2n) is 4.37. The lowest BCUT2D eigenvalue weighted by molar-refractivity contribution is -0.139. The van der Waals surface area contributed by atoms with Crippen molar-refractivity contribution in [2.75, 3.05) is 6.61 Å². The molecule has 0 aromatic carbocycles. The van der Waals surface area contributed by atoms with Crippen LogP contribution in [0.2, 0.25) is 0 Å². The van der Waals surface area contributed by atoms with Gasteiger partial charge in [-0.05, 0) is 24.5 Å². The van der Waals surface area contributed by atoms with Gasteiger partial charge in [0, 0.05) is 24.8 Å². The summed E-state index contributed by atoms with van der Waals surface area (Å²) in [6.45, 7) is 0.304. The third-order valence-electron chi connectivity index (χ3n) is 2.61. The van der Waals surface area contributed by atoms with Crippen LogP contribution in [-0.4, -0.2) is 23.8 Å². The molecule has 1 N–H and O–H groups in total. The zero-order valence-corrected chi connectivity index (χ0v) is 9.83. The molecule has 0 spiro atoms. The van der Waals surface area contributed by atoms with Gasteiger partial charge in [-0.3, -0.25) is 0 Å². The van der Waals surface area contributed by atoms with E-state index in [-0.39, 0.29) is 5.88 Å². The molecule has 0 aliphatic heterocycles. The predicted octanol–water partition coefficient (Wildman–Crippen LogP) is 2.66. The number of alkyl halides is 3. The third-order valence-corrected chi connectivity index (χ3v) is 2.61. The van der Waals surface area contributed by atoms with Crippen LogP contribution in [0.25, 0.3) is 0 Å². The van der Waals surface area contributed by atoms with Gasteiger partial charge >= 0.3 is 6.18 Å². The summed E-state index contributed by atoms with van der Waals surface area (Å²) in [7, 11) is 0. The number of rotatable bonds is 6. The van der Waals surface area contributed by atoms with Crippen LogP contribution in [0.3, 0.4) is 0 Å². The molecule has 0 amide bonds. The highest BCUT2D eigenvalue weighted by molar-refractivity contribution is 5.20. The van der Waals surface area contributed by atoms with Crippen molar-refractivity contribution in [3.63, 3.8) is 0 Å². The van der Waals surface area contributed by atoms with Crippen LogP contribution in [-0.2, 0) is 6.54 Å². The summed E-state index contributed by atoms with van der Waals surface area (Å²) in [5.74, 6) is 0.245. The molecule has 6 heteroatoms. The number of pyridine rings is 1. The zero-order valence-electron chi connectivity index (χ0n) is 9.83.